The first-order chi connectivity index (χ1) is 9.60. The molecular formula is C13H9N3O4. The van der Waals surface area contributed by atoms with Crippen molar-refractivity contribution in [1.29, 1.82) is 5.26 Å². The van der Waals surface area contributed by atoms with Crippen LogP contribution in [0.4, 0.5) is 0 Å². The zero-order chi connectivity index (χ0) is 14.5. The number of hydrogen-bond acceptors (Lipinski definition) is 5. The van der Waals surface area contributed by atoms with Gasteiger partial charge in [-0.25, -0.2) is 4.79 Å². The summed E-state index contributed by atoms with van der Waals surface area (Å²) in [5, 5.41) is 23.2. The molecule has 0 fully saturated rings. The van der Waals surface area contributed by atoms with E-state index in [1.807, 2.05) is 6.07 Å². The van der Waals surface area contributed by atoms with Gasteiger partial charge in [0.05, 0.1) is 11.6 Å². The van der Waals surface area contributed by atoms with Gasteiger partial charge in [-0.2, -0.15) is 5.26 Å². The standard InChI is InChI=1S/C13H9N3O4/c14-6-8-1-3-9(4-2-8)7-15-12(17)10-5-11(13(18)19)20-16-10/h1-5H,7H2,(H,15,17)(H,18,19). The Morgan fingerprint density at radius 3 is 2.60 bits per heavy atom. The van der Waals surface area contributed by atoms with Crippen LogP contribution in [0.5, 0.6) is 0 Å². The van der Waals surface area contributed by atoms with E-state index in [1.54, 1.807) is 24.3 Å². The van der Waals surface area contributed by atoms with Crippen LogP contribution >= 0.6 is 0 Å². The average molecular weight is 271 g/mol. The lowest BCUT2D eigenvalue weighted by atomic mass is 10.1. The quantitative estimate of drug-likeness (QED) is 0.862. The molecule has 0 bridgehead atoms. The Hall–Kier alpha value is -3.14. The number of hydrogen-bond donors (Lipinski definition) is 2. The second-order valence-electron chi connectivity index (χ2n) is 3.87. The molecule has 2 rings (SSSR count). The minimum atomic E-state index is -1.29. The van der Waals surface area contributed by atoms with Crippen LogP contribution in [0.15, 0.2) is 34.9 Å². The number of carboxylic acids is 1. The molecular weight excluding hydrogens is 262 g/mol. The summed E-state index contributed by atoms with van der Waals surface area (Å²) in [5.41, 5.74) is 1.23. The van der Waals surface area contributed by atoms with E-state index in [4.69, 9.17) is 10.4 Å². The summed E-state index contributed by atoms with van der Waals surface area (Å²) in [6.07, 6.45) is 0. The number of carbonyl (C=O) groups is 2. The fourth-order valence-corrected chi connectivity index (χ4v) is 1.45. The van der Waals surface area contributed by atoms with Crippen LogP contribution in [0.25, 0.3) is 0 Å². The number of nitrogens with one attached hydrogen (secondary N) is 1. The molecule has 0 saturated heterocycles. The Morgan fingerprint density at radius 2 is 2.05 bits per heavy atom. The molecule has 100 valence electrons. The van der Waals surface area contributed by atoms with Crippen molar-refractivity contribution in [3.8, 4) is 6.07 Å². The third-order valence-corrected chi connectivity index (χ3v) is 2.49. The van der Waals surface area contributed by atoms with E-state index in [0.29, 0.717) is 5.56 Å². The van der Waals surface area contributed by atoms with Crippen molar-refractivity contribution in [3.05, 3.63) is 52.9 Å². The minimum absolute atomic E-state index is 0.101. The van der Waals surface area contributed by atoms with Crippen molar-refractivity contribution < 1.29 is 19.2 Å². The predicted octanol–water partition coefficient (Wildman–Crippen LogP) is 1.17. The van der Waals surface area contributed by atoms with Gasteiger partial charge in [0.15, 0.2) is 5.69 Å². The first-order valence-electron chi connectivity index (χ1n) is 5.57. The molecule has 0 spiro atoms. The maximum absolute atomic E-state index is 11.7. The summed E-state index contributed by atoms with van der Waals surface area (Å²) in [4.78, 5) is 22.3. The number of aromatic carboxylic acids is 1. The smallest absolute Gasteiger partial charge is 0.374 e. The molecule has 0 atom stereocenters. The molecule has 2 N–H and O–H groups in total. The molecule has 1 aromatic heterocycles. The SMILES string of the molecule is N#Cc1ccc(CNC(=O)c2cc(C(=O)O)on2)cc1. The Labute approximate surface area is 113 Å². The fourth-order valence-electron chi connectivity index (χ4n) is 1.45. The predicted molar refractivity (Wildman–Crippen MR) is 65.8 cm³/mol. The minimum Gasteiger partial charge on any atom is -0.475 e. The van der Waals surface area contributed by atoms with Gasteiger partial charge in [0, 0.05) is 12.6 Å². The van der Waals surface area contributed by atoms with Gasteiger partial charge in [0.2, 0.25) is 5.76 Å². The zero-order valence-electron chi connectivity index (χ0n) is 10.2. The van der Waals surface area contributed by atoms with Gasteiger partial charge in [0.1, 0.15) is 0 Å². The number of amides is 1. The molecule has 1 amide bonds. The second kappa shape index (κ2) is 5.67. The van der Waals surface area contributed by atoms with Crippen molar-refractivity contribution in [2.45, 2.75) is 6.54 Å². The third kappa shape index (κ3) is 3.00. The summed E-state index contributed by atoms with van der Waals surface area (Å²) < 4.78 is 4.48. The van der Waals surface area contributed by atoms with Crippen molar-refractivity contribution >= 4 is 11.9 Å². The van der Waals surface area contributed by atoms with Crippen LogP contribution in [0.1, 0.15) is 32.2 Å². The van der Waals surface area contributed by atoms with E-state index in [1.165, 1.54) is 0 Å². The summed E-state index contributed by atoms with van der Waals surface area (Å²) >= 11 is 0. The number of rotatable bonds is 4. The van der Waals surface area contributed by atoms with Crippen LogP contribution < -0.4 is 5.32 Å². The van der Waals surface area contributed by atoms with E-state index in [-0.39, 0.29) is 12.2 Å². The fraction of sp³-hybridized carbons (Fsp3) is 0.0769. The highest BCUT2D eigenvalue weighted by molar-refractivity contribution is 5.94. The molecule has 0 aliphatic heterocycles. The van der Waals surface area contributed by atoms with Gasteiger partial charge in [-0.15, -0.1) is 0 Å². The number of benzene rings is 1. The summed E-state index contributed by atoms with van der Waals surface area (Å²) in [6, 6.07) is 9.75. The largest absolute Gasteiger partial charge is 0.475 e. The topological polar surface area (TPSA) is 116 Å². The van der Waals surface area contributed by atoms with Gasteiger partial charge in [-0.05, 0) is 17.7 Å². The number of nitrogens with zero attached hydrogens (tertiary/aromatic N) is 2. The van der Waals surface area contributed by atoms with E-state index >= 15 is 0 Å². The van der Waals surface area contributed by atoms with Crippen molar-refractivity contribution in [1.82, 2.24) is 10.5 Å². The molecule has 20 heavy (non-hydrogen) atoms. The normalized spacial score (nSPS) is 9.75. The maximum atomic E-state index is 11.7. The lowest BCUT2D eigenvalue weighted by Crippen LogP contribution is -2.23. The van der Waals surface area contributed by atoms with E-state index < -0.39 is 17.6 Å². The van der Waals surface area contributed by atoms with E-state index in [0.717, 1.165) is 11.6 Å². The Morgan fingerprint density at radius 1 is 1.35 bits per heavy atom. The monoisotopic (exact) mass is 271 g/mol. The Balaban J connectivity index is 1.97. The van der Waals surface area contributed by atoms with Gasteiger partial charge >= 0.3 is 5.97 Å². The number of carboxylic acid groups (broad SMARTS) is 1. The maximum Gasteiger partial charge on any atom is 0.374 e. The van der Waals surface area contributed by atoms with Gasteiger partial charge in [-0.1, -0.05) is 17.3 Å². The number of carbonyl (C=O) groups excluding carboxylic acids is 1. The molecule has 2 aromatic rings. The van der Waals surface area contributed by atoms with Gasteiger partial charge < -0.3 is 14.9 Å². The Kier molecular flexibility index (Phi) is 3.77. The van der Waals surface area contributed by atoms with Crippen LogP contribution in [0.2, 0.25) is 0 Å². The van der Waals surface area contributed by atoms with Crippen LogP contribution in [0.3, 0.4) is 0 Å². The van der Waals surface area contributed by atoms with Gasteiger partial charge in [-0.3, -0.25) is 4.79 Å². The summed E-state index contributed by atoms with van der Waals surface area (Å²) in [6.45, 7) is 0.236. The van der Waals surface area contributed by atoms with Crippen molar-refractivity contribution in [3.63, 3.8) is 0 Å². The molecule has 0 aliphatic rings. The molecule has 7 heteroatoms. The molecule has 0 aliphatic carbocycles. The van der Waals surface area contributed by atoms with Crippen LogP contribution in [0, 0.1) is 11.3 Å². The lowest BCUT2D eigenvalue weighted by Gasteiger charge is -2.02. The average Bonchev–Trinajstić information content (AvgIpc) is 2.95. The van der Waals surface area contributed by atoms with E-state index in [2.05, 4.69) is 15.0 Å². The number of aromatic nitrogens is 1. The molecule has 1 aromatic carbocycles. The molecule has 1 heterocycles. The van der Waals surface area contributed by atoms with E-state index in [9.17, 15) is 9.59 Å². The van der Waals surface area contributed by atoms with Crippen LogP contribution in [-0.2, 0) is 6.54 Å². The van der Waals surface area contributed by atoms with Crippen LogP contribution in [-0.4, -0.2) is 22.1 Å². The molecule has 0 unspecified atom stereocenters. The zero-order valence-corrected chi connectivity index (χ0v) is 10.2. The first-order valence-corrected chi connectivity index (χ1v) is 5.57. The highest BCUT2D eigenvalue weighted by atomic mass is 16.5. The Bertz CT molecular complexity index is 682. The lowest BCUT2D eigenvalue weighted by molar-refractivity contribution is 0.0651. The van der Waals surface area contributed by atoms with Crippen molar-refractivity contribution in [2.24, 2.45) is 0 Å². The molecule has 7 nitrogen and oxygen atoms in total. The highest BCUT2D eigenvalue weighted by Gasteiger charge is 2.16. The highest BCUT2D eigenvalue weighted by Crippen LogP contribution is 2.05. The second-order valence-corrected chi connectivity index (χ2v) is 3.87. The summed E-state index contributed by atoms with van der Waals surface area (Å²) in [7, 11) is 0. The van der Waals surface area contributed by atoms with Gasteiger partial charge in [0.25, 0.3) is 5.91 Å². The molecule has 0 saturated carbocycles. The van der Waals surface area contributed by atoms with Crippen molar-refractivity contribution in [2.75, 3.05) is 0 Å². The first kappa shape index (κ1) is 13.3. The summed E-state index contributed by atoms with van der Waals surface area (Å²) in [5.74, 6) is -2.22. The molecule has 0 radical (unpaired) electrons. The third-order valence-electron chi connectivity index (χ3n) is 2.49. The number of nitriles is 1.